The Kier molecular flexibility index (Phi) is 15.1. The van der Waals surface area contributed by atoms with Gasteiger partial charge in [-0.25, -0.2) is 4.79 Å². The zero-order chi connectivity index (χ0) is 27.5. The van der Waals surface area contributed by atoms with Crippen LogP contribution in [-0.2, 0) is 4.79 Å². The van der Waals surface area contributed by atoms with Crippen LogP contribution in [0.3, 0.4) is 0 Å². The van der Waals surface area contributed by atoms with Gasteiger partial charge in [0.05, 0.1) is 0 Å². The first kappa shape index (κ1) is 33.8. The maximum absolute atomic E-state index is 13.4. The molecule has 39 heavy (non-hydrogen) atoms. The van der Waals surface area contributed by atoms with Crippen molar-refractivity contribution in [2.24, 2.45) is 17.6 Å². The van der Waals surface area contributed by atoms with E-state index in [1.54, 1.807) is 11.8 Å². The van der Waals surface area contributed by atoms with Crippen LogP contribution in [0.4, 0.5) is 0 Å². The number of aliphatic carboxylic acids is 1. The minimum absolute atomic E-state index is 0. The van der Waals surface area contributed by atoms with Crippen LogP contribution in [0.25, 0.3) is 11.1 Å². The van der Waals surface area contributed by atoms with E-state index < -0.39 is 12.0 Å². The van der Waals surface area contributed by atoms with Gasteiger partial charge in [-0.05, 0) is 89.5 Å². The van der Waals surface area contributed by atoms with Gasteiger partial charge in [-0.15, -0.1) is 0 Å². The Morgan fingerprint density at radius 3 is 2.46 bits per heavy atom. The van der Waals surface area contributed by atoms with E-state index in [2.05, 4.69) is 18.3 Å². The van der Waals surface area contributed by atoms with Gasteiger partial charge < -0.3 is 16.2 Å². The van der Waals surface area contributed by atoms with E-state index in [-0.39, 0.29) is 30.8 Å². The van der Waals surface area contributed by atoms with Crippen LogP contribution in [0.2, 0.25) is 0 Å². The minimum atomic E-state index is -1.01. The molecule has 0 spiro atoms. The second-order valence-electron chi connectivity index (χ2n) is 10.5. The number of thioether (sulfide) groups is 2. The van der Waals surface area contributed by atoms with Gasteiger partial charge in [0.15, 0.2) is 0 Å². The number of nitrogens with two attached hydrogens (primary N) is 1. The van der Waals surface area contributed by atoms with Gasteiger partial charge in [-0.1, -0.05) is 69.4 Å². The number of nitrogens with one attached hydrogen (secondary N) is 1. The Labute approximate surface area is 255 Å². The molecule has 0 radical (unpaired) electrons. The standard InChI is InChI=1S/C31H44N2O3S2.Li.H/c1-4-38-20-24(18-22-11-6-5-7-12-22)29(32)23-14-15-26(27(19-23)25-13-9-8-10-21(25)2)30(34)33-28(31(35)36)16-17-37-3;;/h8-10,13-15,19,22,24,28-29H,4-7,11-12,16-18,20,32H2,1-3H3,(H,33,34)(H,35,36);;. The van der Waals surface area contributed by atoms with Crippen LogP contribution >= 0.6 is 23.5 Å². The fourth-order valence-corrected chi connectivity index (χ4v) is 6.86. The molecule has 0 aliphatic heterocycles. The van der Waals surface area contributed by atoms with Crippen molar-refractivity contribution in [3.05, 3.63) is 59.2 Å². The maximum atomic E-state index is 13.4. The Morgan fingerprint density at radius 1 is 1.10 bits per heavy atom. The molecule has 0 bridgehead atoms. The van der Waals surface area contributed by atoms with Crippen molar-refractivity contribution in [2.75, 3.05) is 23.5 Å². The summed E-state index contributed by atoms with van der Waals surface area (Å²) < 4.78 is 0. The zero-order valence-electron chi connectivity index (χ0n) is 23.1. The first-order valence-electron chi connectivity index (χ1n) is 13.9. The average molecular weight is 565 g/mol. The first-order chi connectivity index (χ1) is 18.3. The number of carboxylic acid groups (broad SMARTS) is 1. The molecule has 0 saturated heterocycles. The predicted octanol–water partition coefficient (Wildman–Crippen LogP) is 6.29. The molecule has 2 aromatic carbocycles. The molecule has 0 heterocycles. The summed E-state index contributed by atoms with van der Waals surface area (Å²) >= 11 is 3.52. The van der Waals surface area contributed by atoms with E-state index in [9.17, 15) is 14.7 Å². The second kappa shape index (κ2) is 17.5. The average Bonchev–Trinajstić information content (AvgIpc) is 2.93. The van der Waals surface area contributed by atoms with E-state index in [1.807, 2.05) is 61.3 Å². The monoisotopic (exact) mass is 564 g/mol. The zero-order valence-corrected chi connectivity index (χ0v) is 24.7. The number of carboxylic acids is 1. The molecule has 3 atom stereocenters. The molecule has 5 nitrogen and oxygen atoms in total. The van der Waals surface area contributed by atoms with Gasteiger partial charge in [0.1, 0.15) is 6.04 Å². The van der Waals surface area contributed by atoms with Crippen LogP contribution in [0, 0.1) is 18.8 Å². The third kappa shape index (κ3) is 9.90. The first-order valence-corrected chi connectivity index (χ1v) is 16.5. The molecule has 1 aliphatic carbocycles. The fourth-order valence-electron chi connectivity index (χ4n) is 5.50. The van der Waals surface area contributed by atoms with Gasteiger partial charge >= 0.3 is 24.8 Å². The van der Waals surface area contributed by atoms with Gasteiger partial charge in [-0.3, -0.25) is 4.79 Å². The summed E-state index contributed by atoms with van der Waals surface area (Å²) in [6.45, 7) is 4.23. The van der Waals surface area contributed by atoms with Crippen LogP contribution in [0.1, 0.15) is 79.4 Å². The summed E-state index contributed by atoms with van der Waals surface area (Å²) in [5.74, 6) is 2.50. The number of rotatable bonds is 14. The van der Waals surface area contributed by atoms with Crippen LogP contribution in [0.15, 0.2) is 42.5 Å². The molecule has 3 unspecified atom stereocenters. The SMILES string of the molecule is CCSCC(CC1CCCCC1)C(N)c1ccc(C(=O)NC(CCSC)C(=O)O)c(-c2ccccc2C)c1.[LiH]. The summed E-state index contributed by atoms with van der Waals surface area (Å²) in [5, 5.41) is 12.4. The molecule has 1 saturated carbocycles. The van der Waals surface area contributed by atoms with E-state index in [0.717, 1.165) is 46.1 Å². The summed E-state index contributed by atoms with van der Waals surface area (Å²) in [4.78, 5) is 25.2. The van der Waals surface area contributed by atoms with Gasteiger partial charge in [-0.2, -0.15) is 23.5 Å². The molecule has 1 amide bonds. The number of aryl methyl sites for hydroxylation is 1. The summed E-state index contributed by atoms with van der Waals surface area (Å²) in [6, 6.07) is 12.9. The summed E-state index contributed by atoms with van der Waals surface area (Å²) in [7, 11) is 0. The summed E-state index contributed by atoms with van der Waals surface area (Å²) in [5.41, 5.74) is 11.3. The van der Waals surface area contributed by atoms with Crippen LogP contribution < -0.4 is 11.1 Å². The number of hydrogen-bond donors (Lipinski definition) is 3. The van der Waals surface area contributed by atoms with Gasteiger partial charge in [0.2, 0.25) is 0 Å². The Bertz CT molecular complexity index is 1060. The third-order valence-electron chi connectivity index (χ3n) is 7.73. The van der Waals surface area contributed by atoms with E-state index in [4.69, 9.17) is 5.73 Å². The molecule has 4 N–H and O–H groups in total. The van der Waals surface area contributed by atoms with E-state index >= 15 is 0 Å². The van der Waals surface area contributed by atoms with Crippen LogP contribution in [0.5, 0.6) is 0 Å². The molecule has 8 heteroatoms. The van der Waals surface area contributed by atoms with Gasteiger partial charge in [0.25, 0.3) is 5.91 Å². The van der Waals surface area contributed by atoms with Crippen molar-refractivity contribution < 1.29 is 14.7 Å². The van der Waals surface area contributed by atoms with Crippen molar-refractivity contribution >= 4 is 54.3 Å². The topological polar surface area (TPSA) is 92.4 Å². The number of hydrogen-bond acceptors (Lipinski definition) is 5. The van der Waals surface area contributed by atoms with Crippen molar-refractivity contribution in [2.45, 2.75) is 70.9 Å². The molecular formula is C31H45LiN2O3S2. The molecular weight excluding hydrogens is 519 g/mol. The van der Waals surface area contributed by atoms with Crippen molar-refractivity contribution in [1.29, 1.82) is 0 Å². The third-order valence-corrected chi connectivity index (χ3v) is 9.44. The molecule has 1 fully saturated rings. The Morgan fingerprint density at radius 2 is 1.82 bits per heavy atom. The molecule has 2 aromatic rings. The summed E-state index contributed by atoms with van der Waals surface area (Å²) in [6.07, 6.45) is 10.0. The number of carbonyl (C=O) groups is 2. The normalized spacial score (nSPS) is 16.1. The van der Waals surface area contributed by atoms with Crippen molar-refractivity contribution in [1.82, 2.24) is 5.32 Å². The molecule has 0 aromatic heterocycles. The van der Waals surface area contributed by atoms with Crippen molar-refractivity contribution in [3.63, 3.8) is 0 Å². The Balaban J connectivity index is 0.00000533. The second-order valence-corrected chi connectivity index (χ2v) is 12.8. The molecule has 3 rings (SSSR count). The van der Waals surface area contributed by atoms with Crippen molar-refractivity contribution in [3.8, 4) is 11.1 Å². The molecule has 210 valence electrons. The fraction of sp³-hybridized carbons (Fsp3) is 0.548. The van der Waals surface area contributed by atoms with E-state index in [0.29, 0.717) is 23.7 Å². The Hall–Kier alpha value is -1.36. The quantitative estimate of drug-likeness (QED) is 0.234. The van der Waals surface area contributed by atoms with E-state index in [1.165, 1.54) is 32.1 Å². The van der Waals surface area contributed by atoms with Gasteiger partial charge in [0, 0.05) is 11.6 Å². The number of carbonyl (C=O) groups excluding carboxylic acids is 1. The molecule has 1 aliphatic rings. The number of amides is 1. The number of benzene rings is 2. The predicted molar refractivity (Wildman–Crippen MR) is 170 cm³/mol. The van der Waals surface area contributed by atoms with Crippen LogP contribution in [-0.4, -0.2) is 65.4 Å².